The fraction of sp³-hybridized carbons (Fsp3) is 0.258. The third kappa shape index (κ3) is 4.85. The molecular formula is C31H29N5O3. The molecule has 196 valence electrons. The molecule has 0 N–H and O–H groups in total. The molecule has 0 saturated carbocycles. The zero-order valence-corrected chi connectivity index (χ0v) is 22.1. The van der Waals surface area contributed by atoms with Gasteiger partial charge in [0.15, 0.2) is 0 Å². The number of rotatable bonds is 2. The lowest BCUT2D eigenvalue weighted by Gasteiger charge is -2.35. The number of imidazole rings is 1. The third-order valence-electron chi connectivity index (χ3n) is 7.49. The van der Waals surface area contributed by atoms with Gasteiger partial charge in [-0.05, 0) is 53.9 Å². The van der Waals surface area contributed by atoms with Crippen molar-refractivity contribution in [1.29, 1.82) is 5.26 Å². The van der Waals surface area contributed by atoms with Crippen LogP contribution >= 0.6 is 0 Å². The van der Waals surface area contributed by atoms with Gasteiger partial charge in [0.2, 0.25) is 5.91 Å². The van der Waals surface area contributed by atoms with E-state index in [9.17, 15) is 10.1 Å². The quantitative estimate of drug-likeness (QED) is 0.381. The van der Waals surface area contributed by atoms with Crippen LogP contribution in [0.15, 0.2) is 66.9 Å². The van der Waals surface area contributed by atoms with E-state index >= 15 is 0 Å². The van der Waals surface area contributed by atoms with Crippen molar-refractivity contribution in [3.05, 3.63) is 95.1 Å². The predicted octanol–water partition coefficient (Wildman–Crippen LogP) is 4.74. The Balaban J connectivity index is 1.48. The van der Waals surface area contributed by atoms with E-state index in [1.807, 2.05) is 72.6 Å². The van der Waals surface area contributed by atoms with E-state index in [1.165, 1.54) is 0 Å². The van der Waals surface area contributed by atoms with Crippen LogP contribution in [0.3, 0.4) is 0 Å². The van der Waals surface area contributed by atoms with Gasteiger partial charge in [0.25, 0.3) is 0 Å². The number of methoxy groups -OCH3 is 1. The molecule has 3 aliphatic rings. The van der Waals surface area contributed by atoms with E-state index in [-0.39, 0.29) is 5.91 Å². The molecule has 1 unspecified atom stereocenters. The van der Waals surface area contributed by atoms with Crippen LogP contribution in [-0.2, 0) is 24.4 Å². The van der Waals surface area contributed by atoms with Crippen LogP contribution in [0.1, 0.15) is 28.2 Å². The van der Waals surface area contributed by atoms with Crippen molar-refractivity contribution in [2.75, 3.05) is 26.7 Å². The lowest BCUT2D eigenvalue weighted by molar-refractivity contribution is -0.136. The number of aryl methyl sites for hydroxylation is 1. The summed E-state index contributed by atoms with van der Waals surface area (Å²) < 4.78 is 14.2. The normalized spacial score (nSPS) is 16.8. The summed E-state index contributed by atoms with van der Waals surface area (Å²) in [5.41, 5.74) is 5.40. The Hall–Kier alpha value is -4.61. The topological polar surface area (TPSA) is 83.6 Å². The zero-order valence-electron chi connectivity index (χ0n) is 22.1. The number of piperazine rings is 1. The highest BCUT2D eigenvalue weighted by Gasteiger charge is 2.26. The highest BCUT2D eigenvalue weighted by molar-refractivity contribution is 5.80. The molecule has 1 fully saturated rings. The standard InChI is InChI=1S/C31H29N5O3/c1-21-33-16-25-19-34-11-12-35(31(37)20-34)18-24-14-26(9-10-27(24)28-5-3-4-6-29(28)38-2)39-30-13-22(17-36(21)25)7-8-23(30)15-32/h3-10,13-14,16H,11-12,17-20H2,1-2H3. The molecule has 8 nitrogen and oxygen atoms in total. The van der Waals surface area contributed by atoms with Gasteiger partial charge in [0, 0.05) is 44.5 Å². The Labute approximate surface area is 227 Å². The maximum Gasteiger partial charge on any atom is 0.237 e. The van der Waals surface area contributed by atoms with Crippen molar-refractivity contribution in [3.63, 3.8) is 0 Å². The van der Waals surface area contributed by atoms with Crippen LogP contribution in [0.25, 0.3) is 11.1 Å². The number of carbonyl (C=O) groups excluding carboxylic acids is 1. The number of nitrogens with zero attached hydrogens (tertiary/aromatic N) is 5. The van der Waals surface area contributed by atoms with Crippen molar-refractivity contribution in [2.24, 2.45) is 0 Å². The first-order valence-electron chi connectivity index (χ1n) is 13.0. The Bertz CT molecular complexity index is 1600. The van der Waals surface area contributed by atoms with Crippen LogP contribution in [0.2, 0.25) is 0 Å². The number of carbonyl (C=O) groups is 1. The first-order valence-corrected chi connectivity index (χ1v) is 13.0. The summed E-state index contributed by atoms with van der Waals surface area (Å²) in [6.45, 7) is 5.41. The van der Waals surface area contributed by atoms with Gasteiger partial charge >= 0.3 is 0 Å². The minimum Gasteiger partial charge on any atom is -0.496 e. The number of hydrogen-bond acceptors (Lipinski definition) is 6. The molecule has 1 aromatic heterocycles. The van der Waals surface area contributed by atoms with Crippen LogP contribution in [0, 0.1) is 18.3 Å². The van der Waals surface area contributed by atoms with Gasteiger partial charge in [-0.15, -0.1) is 0 Å². The highest BCUT2D eigenvalue weighted by atomic mass is 16.5. The fourth-order valence-corrected chi connectivity index (χ4v) is 5.40. The van der Waals surface area contributed by atoms with Gasteiger partial charge < -0.3 is 18.9 Å². The first-order chi connectivity index (χ1) is 19.0. The van der Waals surface area contributed by atoms with Crippen molar-refractivity contribution in [3.8, 4) is 34.4 Å². The minimum atomic E-state index is 0.0883. The molecule has 7 rings (SSSR count). The summed E-state index contributed by atoms with van der Waals surface area (Å²) in [5.74, 6) is 2.86. The van der Waals surface area contributed by atoms with E-state index in [1.54, 1.807) is 13.2 Å². The molecule has 0 aliphatic carbocycles. The van der Waals surface area contributed by atoms with Crippen molar-refractivity contribution in [1.82, 2.24) is 19.4 Å². The van der Waals surface area contributed by atoms with E-state index < -0.39 is 0 Å². The molecule has 0 radical (unpaired) electrons. The fourth-order valence-electron chi connectivity index (χ4n) is 5.40. The Kier molecular flexibility index (Phi) is 6.51. The van der Waals surface area contributed by atoms with Crippen LogP contribution in [0.4, 0.5) is 0 Å². The van der Waals surface area contributed by atoms with Crippen molar-refractivity contribution < 1.29 is 14.3 Å². The monoisotopic (exact) mass is 519 g/mol. The molecule has 4 aromatic rings. The maximum absolute atomic E-state index is 13.3. The highest BCUT2D eigenvalue weighted by Crippen LogP contribution is 2.36. The average molecular weight is 520 g/mol. The van der Waals surface area contributed by atoms with Gasteiger partial charge in [-0.1, -0.05) is 30.3 Å². The second kappa shape index (κ2) is 10.3. The second-order valence-electron chi connectivity index (χ2n) is 9.97. The summed E-state index contributed by atoms with van der Waals surface area (Å²) >= 11 is 0. The number of ether oxygens (including phenoxy) is 2. The third-order valence-corrected chi connectivity index (χ3v) is 7.49. The summed E-state index contributed by atoms with van der Waals surface area (Å²) in [6, 6.07) is 21.7. The Morgan fingerprint density at radius 2 is 1.85 bits per heavy atom. The smallest absolute Gasteiger partial charge is 0.237 e. The number of fused-ring (bicyclic) bond motifs is 2. The molecule has 1 atom stereocenters. The number of para-hydroxylation sites is 1. The Morgan fingerprint density at radius 1 is 0.974 bits per heavy atom. The zero-order chi connectivity index (χ0) is 26.9. The van der Waals surface area contributed by atoms with Gasteiger partial charge in [0.05, 0.1) is 24.9 Å². The number of benzene rings is 3. The largest absolute Gasteiger partial charge is 0.496 e. The van der Waals surface area contributed by atoms with E-state index in [2.05, 4.69) is 20.5 Å². The second-order valence-corrected chi connectivity index (χ2v) is 9.97. The summed E-state index contributed by atoms with van der Waals surface area (Å²) in [6.07, 6.45) is 1.89. The molecular weight excluding hydrogens is 490 g/mol. The number of aromatic nitrogens is 2. The van der Waals surface area contributed by atoms with Gasteiger partial charge in [-0.3, -0.25) is 9.69 Å². The predicted molar refractivity (Wildman–Crippen MR) is 146 cm³/mol. The number of nitriles is 1. The molecule has 3 aromatic carbocycles. The van der Waals surface area contributed by atoms with Crippen LogP contribution < -0.4 is 9.47 Å². The van der Waals surface area contributed by atoms with Crippen molar-refractivity contribution in [2.45, 2.75) is 26.6 Å². The van der Waals surface area contributed by atoms with Gasteiger partial charge in [0.1, 0.15) is 29.1 Å². The van der Waals surface area contributed by atoms with E-state index in [4.69, 9.17) is 9.47 Å². The molecule has 39 heavy (non-hydrogen) atoms. The lowest BCUT2D eigenvalue weighted by atomic mass is 9.97. The minimum absolute atomic E-state index is 0.0883. The summed E-state index contributed by atoms with van der Waals surface area (Å²) in [4.78, 5) is 22.0. The molecule has 6 bridgehead atoms. The lowest BCUT2D eigenvalue weighted by Crippen LogP contribution is -2.49. The molecule has 8 heteroatoms. The molecule has 1 amide bonds. The molecule has 0 spiro atoms. The average Bonchev–Trinajstić information content (AvgIpc) is 3.28. The summed E-state index contributed by atoms with van der Waals surface area (Å²) in [5, 5.41) is 9.79. The first kappa shape index (κ1) is 24.7. The van der Waals surface area contributed by atoms with Gasteiger partial charge in [-0.2, -0.15) is 5.26 Å². The van der Waals surface area contributed by atoms with Gasteiger partial charge in [-0.25, -0.2) is 4.98 Å². The molecule has 1 saturated heterocycles. The number of hydrogen-bond donors (Lipinski definition) is 0. The number of amides is 1. The molecule has 4 heterocycles. The van der Waals surface area contributed by atoms with Crippen LogP contribution in [-0.4, -0.2) is 52.0 Å². The Morgan fingerprint density at radius 3 is 2.67 bits per heavy atom. The molecule has 3 aliphatic heterocycles. The van der Waals surface area contributed by atoms with Crippen LogP contribution in [0.5, 0.6) is 17.2 Å². The summed E-state index contributed by atoms with van der Waals surface area (Å²) in [7, 11) is 1.66. The van der Waals surface area contributed by atoms with Crippen molar-refractivity contribution >= 4 is 5.91 Å². The van der Waals surface area contributed by atoms with E-state index in [0.717, 1.165) is 46.1 Å². The maximum atomic E-state index is 13.3. The SMILES string of the molecule is COc1ccccc1-c1ccc2cc1CN1CCN(CC1=O)Cc1cnc(C)n1Cc1ccc(C#N)c(c1)O2. The van der Waals surface area contributed by atoms with E-state index in [0.29, 0.717) is 49.8 Å².